The molecule has 26 heavy (non-hydrogen) atoms. The minimum atomic E-state index is 0.729. The van der Waals surface area contributed by atoms with Gasteiger partial charge in [0.25, 0.3) is 0 Å². The summed E-state index contributed by atoms with van der Waals surface area (Å²) in [5, 5.41) is 3.46. The molecule has 2 heterocycles. The van der Waals surface area contributed by atoms with Crippen molar-refractivity contribution in [1.82, 2.24) is 5.32 Å². The topological polar surface area (TPSA) is 30.9 Å². The average Bonchev–Trinajstić information content (AvgIpc) is 2.69. The molecule has 0 spiro atoms. The van der Waals surface area contributed by atoms with Crippen molar-refractivity contribution >= 4 is 23.3 Å². The fourth-order valence-corrected chi connectivity index (χ4v) is 5.01. The minimum Gasteiger partial charge on any atom is -0.371 e. The fourth-order valence-electron chi connectivity index (χ4n) is 5.01. The van der Waals surface area contributed by atoms with Crippen molar-refractivity contribution in [3.8, 4) is 0 Å². The van der Waals surface area contributed by atoms with Gasteiger partial charge in [-0.05, 0) is 82.0 Å². The number of nitrogens with one attached hydrogen (secondary N) is 1. The van der Waals surface area contributed by atoms with Gasteiger partial charge in [0.1, 0.15) is 0 Å². The van der Waals surface area contributed by atoms with E-state index in [1.165, 1.54) is 87.1 Å². The van der Waals surface area contributed by atoms with Crippen LogP contribution in [0.4, 0.5) is 17.1 Å². The molecule has 2 aliphatic heterocycles. The third kappa shape index (κ3) is 3.75. The Morgan fingerprint density at radius 3 is 2.58 bits per heavy atom. The highest BCUT2D eigenvalue weighted by atomic mass is 15.2. The molecule has 0 amide bonds. The molecule has 0 unspecified atom stereocenters. The summed E-state index contributed by atoms with van der Waals surface area (Å²) in [6, 6.07) is 5.55. The molecule has 4 nitrogen and oxygen atoms in total. The van der Waals surface area contributed by atoms with Crippen LogP contribution in [0.5, 0.6) is 0 Å². The predicted molar refractivity (Wildman–Crippen MR) is 112 cm³/mol. The molecule has 1 aliphatic carbocycles. The van der Waals surface area contributed by atoms with Crippen LogP contribution in [0.15, 0.2) is 17.1 Å². The second kappa shape index (κ2) is 7.99. The molecule has 1 saturated carbocycles. The first-order valence-electron chi connectivity index (χ1n) is 10.6. The number of benzene rings is 1. The molecule has 0 atom stereocenters. The number of aliphatic imine (C=N–C) groups is 1. The molecule has 0 radical (unpaired) electrons. The Bertz CT molecular complexity index is 640. The van der Waals surface area contributed by atoms with Gasteiger partial charge in [0, 0.05) is 38.1 Å². The van der Waals surface area contributed by atoms with Crippen LogP contribution in [-0.4, -0.2) is 46.0 Å². The van der Waals surface area contributed by atoms with Gasteiger partial charge in [-0.3, -0.25) is 4.99 Å². The molecular formula is C22H34N4. The molecule has 2 fully saturated rings. The third-order valence-electron chi connectivity index (χ3n) is 6.61. The summed E-state index contributed by atoms with van der Waals surface area (Å²) < 4.78 is 0. The lowest BCUT2D eigenvalue weighted by Crippen LogP contribution is -2.31. The molecule has 4 rings (SSSR count). The summed E-state index contributed by atoms with van der Waals surface area (Å²) in [6.45, 7) is 3.33. The Balaban J connectivity index is 1.60. The van der Waals surface area contributed by atoms with E-state index in [2.05, 4.69) is 47.6 Å². The fraction of sp³-hybridized carbons (Fsp3) is 0.682. The van der Waals surface area contributed by atoms with Crippen LogP contribution in [0, 0.1) is 5.92 Å². The average molecular weight is 355 g/mol. The lowest BCUT2D eigenvalue weighted by Gasteiger charge is -2.34. The summed E-state index contributed by atoms with van der Waals surface area (Å²) in [7, 11) is 4.32. The second-order valence-electron chi connectivity index (χ2n) is 8.42. The van der Waals surface area contributed by atoms with E-state index in [0.29, 0.717) is 0 Å². The Labute approximate surface area is 158 Å². The van der Waals surface area contributed by atoms with Crippen molar-refractivity contribution in [3.63, 3.8) is 0 Å². The number of hydrogen-bond acceptors (Lipinski definition) is 4. The zero-order valence-corrected chi connectivity index (χ0v) is 16.5. The number of anilines is 2. The third-order valence-corrected chi connectivity index (χ3v) is 6.61. The van der Waals surface area contributed by atoms with Crippen LogP contribution in [0.3, 0.4) is 0 Å². The first-order valence-corrected chi connectivity index (χ1v) is 10.6. The van der Waals surface area contributed by atoms with Crippen LogP contribution in [0.25, 0.3) is 0 Å². The van der Waals surface area contributed by atoms with Crippen LogP contribution in [0.2, 0.25) is 0 Å². The lowest BCUT2D eigenvalue weighted by atomic mass is 9.82. The maximum atomic E-state index is 4.77. The Kier molecular flexibility index (Phi) is 5.49. The molecule has 1 N–H and O–H groups in total. The Morgan fingerprint density at radius 1 is 1.08 bits per heavy atom. The monoisotopic (exact) mass is 354 g/mol. The van der Waals surface area contributed by atoms with Gasteiger partial charge < -0.3 is 15.1 Å². The van der Waals surface area contributed by atoms with Crippen LogP contribution in [0.1, 0.15) is 50.5 Å². The van der Waals surface area contributed by atoms with Crippen LogP contribution >= 0.6 is 0 Å². The second-order valence-corrected chi connectivity index (χ2v) is 8.42. The summed E-state index contributed by atoms with van der Waals surface area (Å²) in [5.74, 6) is 0.819. The largest absolute Gasteiger partial charge is 0.371 e. The van der Waals surface area contributed by atoms with E-state index >= 15 is 0 Å². The summed E-state index contributed by atoms with van der Waals surface area (Å²) in [6.07, 6.45) is 12.6. The summed E-state index contributed by atoms with van der Waals surface area (Å²) in [4.78, 5) is 9.74. The van der Waals surface area contributed by atoms with Gasteiger partial charge in [-0.1, -0.05) is 0 Å². The standard InChI is InChI=1S/C22H34N4/c1-23-19-8-6-17(7-9-19)14-18-15-20(26-11-4-3-5-12-26)16-21-22(18)25(2)13-10-24-21/h10,15-17,19,23H,3-9,11-14H2,1-2H3/t17-,19+. The molecule has 1 saturated heterocycles. The lowest BCUT2D eigenvalue weighted by molar-refractivity contribution is 0.300. The van der Waals surface area contributed by atoms with Gasteiger partial charge in [-0.25, -0.2) is 0 Å². The zero-order chi connectivity index (χ0) is 17.9. The van der Waals surface area contributed by atoms with E-state index < -0.39 is 0 Å². The van der Waals surface area contributed by atoms with E-state index in [1.54, 1.807) is 0 Å². The number of hydrogen-bond donors (Lipinski definition) is 1. The Hall–Kier alpha value is -1.55. The highest BCUT2D eigenvalue weighted by Gasteiger charge is 2.25. The minimum absolute atomic E-state index is 0.729. The molecule has 0 aromatic heterocycles. The van der Waals surface area contributed by atoms with Crippen LogP contribution in [-0.2, 0) is 6.42 Å². The van der Waals surface area contributed by atoms with E-state index in [4.69, 9.17) is 4.99 Å². The number of nitrogens with zero attached hydrogens (tertiary/aromatic N) is 3. The first-order chi connectivity index (χ1) is 12.7. The highest BCUT2D eigenvalue weighted by Crippen LogP contribution is 2.41. The molecule has 142 valence electrons. The first kappa shape index (κ1) is 17.8. The van der Waals surface area contributed by atoms with Crippen molar-refractivity contribution in [1.29, 1.82) is 0 Å². The van der Waals surface area contributed by atoms with Gasteiger partial charge in [0.15, 0.2) is 0 Å². The number of rotatable bonds is 4. The molecule has 4 heteroatoms. The highest BCUT2D eigenvalue weighted by molar-refractivity contribution is 5.85. The Morgan fingerprint density at radius 2 is 1.85 bits per heavy atom. The van der Waals surface area contributed by atoms with Crippen molar-refractivity contribution in [2.75, 3.05) is 43.5 Å². The van der Waals surface area contributed by atoms with E-state index in [-0.39, 0.29) is 0 Å². The summed E-state index contributed by atoms with van der Waals surface area (Å²) in [5.41, 5.74) is 5.48. The van der Waals surface area contributed by atoms with Crippen molar-refractivity contribution < 1.29 is 0 Å². The molecule has 3 aliphatic rings. The van der Waals surface area contributed by atoms with E-state index in [0.717, 1.165) is 18.5 Å². The van der Waals surface area contributed by atoms with Gasteiger partial charge in [-0.2, -0.15) is 0 Å². The smallest absolute Gasteiger partial charge is 0.0883 e. The molecular weight excluding hydrogens is 320 g/mol. The van der Waals surface area contributed by atoms with Gasteiger partial charge >= 0.3 is 0 Å². The zero-order valence-electron chi connectivity index (χ0n) is 16.5. The van der Waals surface area contributed by atoms with E-state index in [1.807, 2.05) is 0 Å². The van der Waals surface area contributed by atoms with Crippen molar-refractivity contribution in [2.45, 2.75) is 57.4 Å². The quantitative estimate of drug-likeness (QED) is 0.881. The van der Waals surface area contributed by atoms with E-state index in [9.17, 15) is 0 Å². The van der Waals surface area contributed by atoms with Crippen molar-refractivity contribution in [2.24, 2.45) is 10.9 Å². The normalized spacial score (nSPS) is 26.1. The van der Waals surface area contributed by atoms with Gasteiger partial charge in [0.05, 0.1) is 17.9 Å². The summed E-state index contributed by atoms with van der Waals surface area (Å²) >= 11 is 0. The molecule has 0 bridgehead atoms. The number of fused-ring (bicyclic) bond motifs is 1. The van der Waals surface area contributed by atoms with Gasteiger partial charge in [0.2, 0.25) is 0 Å². The maximum Gasteiger partial charge on any atom is 0.0883 e. The predicted octanol–water partition coefficient (Wildman–Crippen LogP) is 4.15. The maximum absolute atomic E-state index is 4.77. The SMILES string of the molecule is CN[C@H]1CC[C@@H](Cc2cc(N3CCCCC3)cc3c2N(C)CC=N3)CC1. The van der Waals surface area contributed by atoms with Crippen molar-refractivity contribution in [3.05, 3.63) is 17.7 Å². The van der Waals surface area contributed by atoms with Crippen LogP contribution < -0.4 is 15.1 Å². The molecule has 1 aromatic rings. The molecule has 1 aromatic carbocycles. The van der Waals surface area contributed by atoms with Gasteiger partial charge in [-0.15, -0.1) is 0 Å². The number of piperidine rings is 1.